The predicted octanol–water partition coefficient (Wildman–Crippen LogP) is 3.21. The van der Waals surface area contributed by atoms with Gasteiger partial charge >= 0.3 is 0 Å². The monoisotopic (exact) mass is 327 g/mol. The summed E-state index contributed by atoms with van der Waals surface area (Å²) in [6, 6.07) is 6.18. The summed E-state index contributed by atoms with van der Waals surface area (Å²) in [5.41, 5.74) is 2.09. The molecule has 2 fully saturated rings. The molecule has 1 aromatic carbocycles. The minimum Gasteiger partial charge on any atom is -0.443 e. The first kappa shape index (κ1) is 15.8. The number of morpholine rings is 1. The molecule has 5 nitrogen and oxygen atoms in total. The van der Waals surface area contributed by atoms with Crippen LogP contribution in [-0.2, 0) is 4.74 Å². The second kappa shape index (κ2) is 6.65. The number of aromatic nitrogens is 2. The van der Waals surface area contributed by atoms with Crippen molar-refractivity contribution in [3.05, 3.63) is 30.1 Å². The average molecular weight is 327 g/mol. The fourth-order valence-corrected chi connectivity index (χ4v) is 3.95. The van der Waals surface area contributed by atoms with Crippen LogP contribution in [0.4, 0.5) is 0 Å². The fourth-order valence-electron chi connectivity index (χ4n) is 3.95. The third-order valence-corrected chi connectivity index (χ3v) is 5.25. The van der Waals surface area contributed by atoms with Crippen molar-refractivity contribution in [3.8, 4) is 5.88 Å². The Labute approximate surface area is 142 Å². The summed E-state index contributed by atoms with van der Waals surface area (Å²) in [4.78, 5) is 8.80. The molecule has 1 N–H and O–H groups in total. The molecule has 1 saturated carbocycles. The highest BCUT2D eigenvalue weighted by Gasteiger charge is 2.44. The number of hydrogen-bond acceptors (Lipinski definition) is 5. The van der Waals surface area contributed by atoms with E-state index in [-0.39, 0.29) is 0 Å². The first-order valence-electron chi connectivity index (χ1n) is 9.02. The number of benzene rings is 1. The number of aryl methyl sites for hydroxylation is 1. The van der Waals surface area contributed by atoms with Crippen LogP contribution in [0.15, 0.2) is 24.5 Å². The van der Waals surface area contributed by atoms with Crippen molar-refractivity contribution >= 4 is 10.9 Å². The van der Waals surface area contributed by atoms with E-state index in [0.717, 1.165) is 36.8 Å². The molecule has 5 heteroatoms. The predicted molar refractivity (Wildman–Crippen MR) is 93.0 cm³/mol. The van der Waals surface area contributed by atoms with E-state index in [4.69, 9.17) is 9.47 Å². The Morgan fingerprint density at radius 3 is 2.88 bits per heavy atom. The van der Waals surface area contributed by atoms with E-state index < -0.39 is 5.79 Å². The third-order valence-electron chi connectivity index (χ3n) is 5.25. The highest BCUT2D eigenvalue weighted by atomic mass is 16.7. The molecule has 1 atom stereocenters. The van der Waals surface area contributed by atoms with Crippen LogP contribution < -0.4 is 10.1 Å². The van der Waals surface area contributed by atoms with E-state index in [1.165, 1.54) is 24.8 Å². The largest absolute Gasteiger partial charge is 0.443 e. The number of nitrogens with zero attached hydrogens (tertiary/aromatic N) is 2. The zero-order chi connectivity index (χ0) is 16.4. The molecule has 4 rings (SSSR count). The molecular weight excluding hydrogens is 302 g/mol. The highest BCUT2D eigenvalue weighted by molar-refractivity contribution is 5.83. The van der Waals surface area contributed by atoms with Gasteiger partial charge in [0.05, 0.1) is 24.1 Å². The normalized spacial score (nSPS) is 25.7. The van der Waals surface area contributed by atoms with Crippen LogP contribution in [0.5, 0.6) is 5.88 Å². The van der Waals surface area contributed by atoms with Crippen LogP contribution in [0.25, 0.3) is 10.9 Å². The highest BCUT2D eigenvalue weighted by Crippen LogP contribution is 2.38. The number of ether oxygens (including phenoxy) is 2. The van der Waals surface area contributed by atoms with E-state index in [9.17, 15) is 0 Å². The molecule has 1 aliphatic heterocycles. The van der Waals surface area contributed by atoms with E-state index in [0.29, 0.717) is 18.4 Å². The molecule has 2 heterocycles. The van der Waals surface area contributed by atoms with Gasteiger partial charge in [-0.25, -0.2) is 9.97 Å². The lowest BCUT2D eigenvalue weighted by molar-refractivity contribution is -0.233. The lowest BCUT2D eigenvalue weighted by Gasteiger charge is -2.44. The molecule has 1 unspecified atom stereocenters. The first-order valence-corrected chi connectivity index (χ1v) is 9.02. The smallest absolute Gasteiger partial charge is 0.227 e. The third kappa shape index (κ3) is 2.98. The maximum Gasteiger partial charge on any atom is 0.227 e. The SMILES string of the molecule is Cc1ccc2ncnc(OC3(C4CCCCC4)CNCCO3)c2c1. The van der Waals surface area contributed by atoms with E-state index in [1.807, 2.05) is 6.07 Å². The molecule has 0 radical (unpaired) electrons. The van der Waals surface area contributed by atoms with E-state index >= 15 is 0 Å². The Morgan fingerprint density at radius 1 is 1.21 bits per heavy atom. The van der Waals surface area contributed by atoms with Gasteiger partial charge in [0.15, 0.2) is 0 Å². The molecule has 1 saturated heterocycles. The minimum atomic E-state index is -0.607. The number of fused-ring (bicyclic) bond motifs is 1. The summed E-state index contributed by atoms with van der Waals surface area (Å²) in [6.07, 6.45) is 7.71. The van der Waals surface area contributed by atoms with Crippen molar-refractivity contribution in [2.45, 2.75) is 44.8 Å². The summed E-state index contributed by atoms with van der Waals surface area (Å²) in [6.45, 7) is 4.35. The zero-order valence-electron chi connectivity index (χ0n) is 14.3. The van der Waals surface area contributed by atoms with Crippen LogP contribution in [0.1, 0.15) is 37.7 Å². The maximum atomic E-state index is 6.51. The number of nitrogens with one attached hydrogen (secondary N) is 1. The van der Waals surface area contributed by atoms with Crippen molar-refractivity contribution in [2.75, 3.05) is 19.7 Å². The van der Waals surface area contributed by atoms with Gasteiger partial charge in [0, 0.05) is 12.5 Å². The zero-order valence-corrected chi connectivity index (χ0v) is 14.3. The summed E-state index contributed by atoms with van der Waals surface area (Å²) in [7, 11) is 0. The molecule has 24 heavy (non-hydrogen) atoms. The van der Waals surface area contributed by atoms with Crippen molar-refractivity contribution < 1.29 is 9.47 Å². The van der Waals surface area contributed by atoms with Crippen molar-refractivity contribution in [2.24, 2.45) is 5.92 Å². The van der Waals surface area contributed by atoms with Crippen LogP contribution >= 0.6 is 0 Å². The molecule has 0 bridgehead atoms. The second-order valence-electron chi connectivity index (χ2n) is 6.97. The van der Waals surface area contributed by atoms with E-state index in [2.05, 4.69) is 34.3 Å². The molecular formula is C19H25N3O2. The summed E-state index contributed by atoms with van der Waals surface area (Å²) >= 11 is 0. The topological polar surface area (TPSA) is 56.3 Å². The van der Waals surface area contributed by atoms with Gasteiger partial charge in [0.1, 0.15) is 6.33 Å². The molecule has 0 spiro atoms. The molecule has 1 aliphatic carbocycles. The van der Waals surface area contributed by atoms with Crippen LogP contribution in [0.3, 0.4) is 0 Å². The number of hydrogen-bond donors (Lipinski definition) is 1. The summed E-state index contributed by atoms with van der Waals surface area (Å²) in [5.74, 6) is 0.441. The minimum absolute atomic E-state index is 0.411. The van der Waals surface area contributed by atoms with Crippen LogP contribution in [0, 0.1) is 12.8 Å². The summed E-state index contributed by atoms with van der Waals surface area (Å²) < 4.78 is 12.8. The van der Waals surface area contributed by atoms with Gasteiger partial charge < -0.3 is 14.8 Å². The Kier molecular flexibility index (Phi) is 4.37. The lowest BCUT2D eigenvalue weighted by Crippen LogP contribution is -2.58. The second-order valence-corrected chi connectivity index (χ2v) is 6.97. The van der Waals surface area contributed by atoms with Gasteiger partial charge in [-0.1, -0.05) is 30.9 Å². The molecule has 2 aliphatic rings. The molecule has 0 amide bonds. The van der Waals surface area contributed by atoms with Gasteiger partial charge in [-0.15, -0.1) is 0 Å². The Bertz CT molecular complexity index is 707. The van der Waals surface area contributed by atoms with Crippen molar-refractivity contribution in [1.82, 2.24) is 15.3 Å². The van der Waals surface area contributed by atoms with Gasteiger partial charge in [-0.05, 0) is 31.9 Å². The standard InChI is InChI=1S/C19H25N3O2/c1-14-7-8-17-16(11-14)18(22-13-21-17)24-19(12-20-9-10-23-19)15-5-3-2-4-6-15/h7-8,11,13,15,20H,2-6,9-10,12H2,1H3. The van der Waals surface area contributed by atoms with Crippen LogP contribution in [-0.4, -0.2) is 35.5 Å². The molecule has 2 aromatic rings. The molecule has 128 valence electrons. The van der Waals surface area contributed by atoms with Crippen molar-refractivity contribution in [1.29, 1.82) is 0 Å². The Morgan fingerprint density at radius 2 is 2.08 bits per heavy atom. The first-order chi connectivity index (χ1) is 11.8. The van der Waals surface area contributed by atoms with Gasteiger partial charge in [0.25, 0.3) is 0 Å². The Hall–Kier alpha value is -1.72. The fraction of sp³-hybridized carbons (Fsp3) is 0.579. The van der Waals surface area contributed by atoms with Gasteiger partial charge in [-0.2, -0.15) is 0 Å². The van der Waals surface area contributed by atoms with E-state index in [1.54, 1.807) is 6.33 Å². The molecule has 1 aromatic heterocycles. The Balaban J connectivity index is 1.71. The van der Waals surface area contributed by atoms with Gasteiger partial charge in [0.2, 0.25) is 11.7 Å². The van der Waals surface area contributed by atoms with Crippen molar-refractivity contribution in [3.63, 3.8) is 0 Å². The average Bonchev–Trinajstić information content (AvgIpc) is 2.64. The summed E-state index contributed by atoms with van der Waals surface area (Å²) in [5, 5.41) is 4.42. The van der Waals surface area contributed by atoms with Gasteiger partial charge in [-0.3, -0.25) is 0 Å². The quantitative estimate of drug-likeness (QED) is 0.938. The van der Waals surface area contributed by atoms with Crippen LogP contribution in [0.2, 0.25) is 0 Å². The maximum absolute atomic E-state index is 6.51. The number of rotatable bonds is 3. The lowest BCUT2D eigenvalue weighted by atomic mass is 9.82.